The van der Waals surface area contributed by atoms with Gasteiger partial charge in [-0.3, -0.25) is 4.79 Å². The molecule has 0 saturated carbocycles. The van der Waals surface area contributed by atoms with Crippen LogP contribution in [0.25, 0.3) is 0 Å². The maximum Gasteiger partial charge on any atom is 0.335 e. The number of rotatable bonds is 4. The van der Waals surface area contributed by atoms with E-state index in [2.05, 4.69) is 0 Å². The summed E-state index contributed by atoms with van der Waals surface area (Å²) in [5.41, 5.74) is 7.19. The number of amides is 1. The summed E-state index contributed by atoms with van der Waals surface area (Å²) in [7, 11) is 0. The van der Waals surface area contributed by atoms with Crippen molar-refractivity contribution in [2.75, 3.05) is 17.2 Å². The Balaban J connectivity index is 1.73. The van der Waals surface area contributed by atoms with Crippen LogP contribution in [0.2, 0.25) is 0 Å². The molecule has 23 heavy (non-hydrogen) atoms. The second kappa shape index (κ2) is 6.00. The number of carboxylic acids is 1. The largest absolute Gasteiger partial charge is 0.480 e. The molecule has 118 valence electrons. The molecule has 2 aromatic rings. The maximum absolute atomic E-state index is 12.5. The zero-order valence-corrected chi connectivity index (χ0v) is 12.3. The molecule has 6 nitrogen and oxygen atoms in total. The van der Waals surface area contributed by atoms with Crippen molar-refractivity contribution in [2.24, 2.45) is 0 Å². The first-order chi connectivity index (χ1) is 11.0. The normalized spacial score (nSPS) is 17.3. The Labute approximate surface area is 133 Å². The maximum atomic E-state index is 12.5. The van der Waals surface area contributed by atoms with Gasteiger partial charge in [0, 0.05) is 24.3 Å². The first kappa shape index (κ1) is 14.9. The quantitative estimate of drug-likeness (QED) is 0.844. The number of hydrogen-bond donors (Lipinski definition) is 2. The molecule has 3 N–H and O–H groups in total. The fourth-order valence-corrected chi connectivity index (χ4v) is 2.54. The van der Waals surface area contributed by atoms with Crippen LogP contribution in [0.3, 0.4) is 0 Å². The summed E-state index contributed by atoms with van der Waals surface area (Å²) in [6.45, 7) is 0.548. The molecule has 1 amide bonds. The zero-order valence-electron chi connectivity index (χ0n) is 12.3. The van der Waals surface area contributed by atoms with Crippen LogP contribution in [0, 0.1) is 0 Å². The van der Waals surface area contributed by atoms with Gasteiger partial charge in [-0.15, -0.1) is 0 Å². The molecule has 2 aromatic carbocycles. The number of carbonyl (C=O) groups excluding carboxylic acids is 1. The number of ether oxygens (including phenoxy) is 1. The highest BCUT2D eigenvalue weighted by Gasteiger charge is 2.34. The smallest absolute Gasteiger partial charge is 0.335 e. The average molecular weight is 312 g/mol. The van der Waals surface area contributed by atoms with Crippen molar-refractivity contribution in [2.45, 2.75) is 12.5 Å². The van der Waals surface area contributed by atoms with E-state index < -0.39 is 12.1 Å². The van der Waals surface area contributed by atoms with E-state index in [4.69, 9.17) is 15.6 Å². The summed E-state index contributed by atoms with van der Waals surface area (Å²) in [6, 6.07) is 13.2. The van der Waals surface area contributed by atoms with Gasteiger partial charge in [0.2, 0.25) is 0 Å². The minimum absolute atomic E-state index is 0.128. The summed E-state index contributed by atoms with van der Waals surface area (Å²) in [6.07, 6.45) is -0.0721. The predicted octanol–water partition coefficient (Wildman–Crippen LogP) is 2.15. The topological polar surface area (TPSA) is 92.9 Å². The Bertz CT molecular complexity index is 743. The van der Waals surface area contributed by atoms with Crippen molar-refractivity contribution in [3.63, 3.8) is 0 Å². The Kier molecular flexibility index (Phi) is 3.89. The zero-order chi connectivity index (χ0) is 16.4. The first-order valence-electron chi connectivity index (χ1n) is 7.21. The molecule has 0 aromatic heterocycles. The van der Waals surface area contributed by atoms with Gasteiger partial charge in [0.15, 0.2) is 6.10 Å². The van der Waals surface area contributed by atoms with Gasteiger partial charge in [-0.1, -0.05) is 6.07 Å². The van der Waals surface area contributed by atoms with E-state index >= 15 is 0 Å². The molecule has 1 fully saturated rings. The van der Waals surface area contributed by atoms with Gasteiger partial charge in [0.1, 0.15) is 5.75 Å². The number of nitrogens with zero attached hydrogens (tertiary/aromatic N) is 1. The van der Waals surface area contributed by atoms with Gasteiger partial charge in [0.25, 0.3) is 5.91 Å². The molecule has 0 spiro atoms. The highest BCUT2D eigenvalue weighted by molar-refractivity contribution is 5.99. The van der Waals surface area contributed by atoms with Crippen LogP contribution in [0.15, 0.2) is 48.5 Å². The minimum Gasteiger partial charge on any atom is -0.480 e. The summed E-state index contributed by atoms with van der Waals surface area (Å²) >= 11 is 0. The molecule has 6 heteroatoms. The highest BCUT2D eigenvalue weighted by Crippen LogP contribution is 2.26. The molecule has 1 atom stereocenters. The van der Waals surface area contributed by atoms with Crippen LogP contribution in [0.5, 0.6) is 5.75 Å². The van der Waals surface area contributed by atoms with Crippen molar-refractivity contribution < 1.29 is 19.4 Å². The molecule has 0 aliphatic carbocycles. The van der Waals surface area contributed by atoms with Gasteiger partial charge in [0.05, 0.1) is 5.56 Å². The average Bonchev–Trinajstić information content (AvgIpc) is 2.89. The third-order valence-electron chi connectivity index (χ3n) is 3.72. The van der Waals surface area contributed by atoms with Crippen LogP contribution in [-0.4, -0.2) is 29.6 Å². The Morgan fingerprint density at radius 1 is 1.22 bits per heavy atom. The van der Waals surface area contributed by atoms with Crippen molar-refractivity contribution in [1.82, 2.24) is 0 Å². The third kappa shape index (κ3) is 3.11. The van der Waals surface area contributed by atoms with Crippen molar-refractivity contribution in [3.8, 4) is 5.75 Å². The molecule has 1 saturated heterocycles. The van der Waals surface area contributed by atoms with Gasteiger partial charge in [-0.2, -0.15) is 0 Å². The van der Waals surface area contributed by atoms with Crippen LogP contribution in [-0.2, 0) is 4.79 Å². The molecular weight excluding hydrogens is 296 g/mol. The van der Waals surface area contributed by atoms with Gasteiger partial charge in [-0.05, 0) is 42.5 Å². The van der Waals surface area contributed by atoms with Crippen LogP contribution < -0.4 is 15.4 Å². The summed E-state index contributed by atoms with van der Waals surface area (Å²) in [4.78, 5) is 25.1. The lowest BCUT2D eigenvalue weighted by atomic mass is 10.2. The van der Waals surface area contributed by atoms with Crippen LogP contribution in [0.4, 0.5) is 11.4 Å². The standard InChI is InChI=1S/C17H16N2O4/c18-12-4-6-13(7-5-12)19-9-8-15(16(19)20)23-14-3-1-2-11(10-14)17(21)22/h1-7,10,15H,8-9,18H2,(H,21,22). The van der Waals surface area contributed by atoms with Crippen molar-refractivity contribution in [1.29, 1.82) is 0 Å². The van der Waals surface area contributed by atoms with E-state index in [0.717, 1.165) is 5.69 Å². The molecule has 1 aliphatic heterocycles. The van der Waals surface area contributed by atoms with Gasteiger partial charge >= 0.3 is 5.97 Å². The van der Waals surface area contributed by atoms with Crippen molar-refractivity contribution >= 4 is 23.3 Å². The first-order valence-corrected chi connectivity index (χ1v) is 7.21. The number of nitrogens with two attached hydrogens (primary N) is 1. The molecular formula is C17H16N2O4. The minimum atomic E-state index is -1.03. The van der Waals surface area contributed by atoms with E-state index in [1.165, 1.54) is 12.1 Å². The highest BCUT2D eigenvalue weighted by atomic mass is 16.5. The summed E-state index contributed by atoms with van der Waals surface area (Å²) in [5.74, 6) is -0.797. The van der Waals surface area contributed by atoms with Gasteiger partial charge < -0.3 is 20.5 Å². The Hall–Kier alpha value is -3.02. The SMILES string of the molecule is Nc1ccc(N2CCC(Oc3cccc(C(=O)O)c3)C2=O)cc1. The number of carboxylic acid groups (broad SMARTS) is 1. The Morgan fingerprint density at radius 2 is 1.96 bits per heavy atom. The lowest BCUT2D eigenvalue weighted by molar-refractivity contribution is -0.122. The van der Waals surface area contributed by atoms with Crippen molar-refractivity contribution in [3.05, 3.63) is 54.1 Å². The monoisotopic (exact) mass is 312 g/mol. The number of carbonyl (C=O) groups is 2. The predicted molar refractivity (Wildman–Crippen MR) is 85.6 cm³/mol. The van der Waals surface area contributed by atoms with E-state index in [0.29, 0.717) is 24.4 Å². The van der Waals surface area contributed by atoms with E-state index in [1.54, 1.807) is 41.3 Å². The third-order valence-corrected chi connectivity index (χ3v) is 3.72. The van der Waals surface area contributed by atoms with E-state index in [1.807, 2.05) is 0 Å². The number of nitrogen functional groups attached to an aromatic ring is 1. The molecule has 0 bridgehead atoms. The molecule has 1 aliphatic rings. The van der Waals surface area contributed by atoms with E-state index in [-0.39, 0.29) is 11.5 Å². The lowest BCUT2D eigenvalue weighted by Gasteiger charge is -2.17. The second-order valence-corrected chi connectivity index (χ2v) is 5.31. The Morgan fingerprint density at radius 3 is 2.65 bits per heavy atom. The molecule has 3 rings (SSSR count). The fraction of sp³-hybridized carbons (Fsp3) is 0.176. The molecule has 0 radical (unpaired) electrons. The van der Waals surface area contributed by atoms with E-state index in [9.17, 15) is 9.59 Å². The number of hydrogen-bond acceptors (Lipinski definition) is 4. The fourth-order valence-electron chi connectivity index (χ4n) is 2.54. The lowest BCUT2D eigenvalue weighted by Crippen LogP contribution is -2.32. The number of anilines is 2. The number of benzene rings is 2. The van der Waals surface area contributed by atoms with Gasteiger partial charge in [-0.25, -0.2) is 4.79 Å². The summed E-state index contributed by atoms with van der Waals surface area (Å²) in [5, 5.41) is 8.99. The molecule has 1 unspecified atom stereocenters. The van der Waals surface area contributed by atoms with Crippen LogP contribution >= 0.6 is 0 Å². The second-order valence-electron chi connectivity index (χ2n) is 5.31. The van der Waals surface area contributed by atoms with Crippen LogP contribution in [0.1, 0.15) is 16.8 Å². The number of aromatic carboxylic acids is 1. The molecule has 1 heterocycles. The summed E-state index contributed by atoms with van der Waals surface area (Å²) < 4.78 is 5.67.